The fourth-order valence-corrected chi connectivity index (χ4v) is 2.79. The molecule has 3 rings (SSSR count). The van der Waals surface area contributed by atoms with Crippen molar-refractivity contribution in [3.05, 3.63) is 54.0 Å². The van der Waals surface area contributed by atoms with Crippen LogP contribution in [0.5, 0.6) is 0 Å². The third kappa shape index (κ3) is 3.83. The Morgan fingerprint density at radius 3 is 2.62 bits per heavy atom. The van der Waals surface area contributed by atoms with Crippen molar-refractivity contribution < 1.29 is 14.0 Å². The number of furan rings is 1. The first-order valence-corrected chi connectivity index (χ1v) is 8.05. The van der Waals surface area contributed by atoms with Gasteiger partial charge in [-0.3, -0.25) is 9.59 Å². The second-order valence-corrected chi connectivity index (χ2v) is 6.09. The summed E-state index contributed by atoms with van der Waals surface area (Å²) in [6.45, 7) is 4.20. The third-order valence-corrected chi connectivity index (χ3v) is 4.28. The van der Waals surface area contributed by atoms with Crippen LogP contribution in [0.25, 0.3) is 0 Å². The Morgan fingerprint density at radius 1 is 1.21 bits per heavy atom. The maximum atomic E-state index is 12.2. The molecule has 0 unspecified atom stereocenters. The lowest BCUT2D eigenvalue weighted by molar-refractivity contribution is -0.125. The van der Waals surface area contributed by atoms with Gasteiger partial charge in [0.1, 0.15) is 0 Å². The second-order valence-electron chi connectivity index (χ2n) is 6.09. The smallest absolute Gasteiger partial charge is 0.291 e. The van der Waals surface area contributed by atoms with Crippen molar-refractivity contribution in [3.8, 4) is 0 Å². The quantitative estimate of drug-likeness (QED) is 0.784. The number of benzene rings is 1. The first-order valence-electron chi connectivity index (χ1n) is 8.05. The number of hydrogen-bond donors (Lipinski definition) is 3. The number of nitrogens with one attached hydrogen (secondary N) is 3. The largest absolute Gasteiger partial charge is 0.459 e. The molecule has 0 saturated carbocycles. The van der Waals surface area contributed by atoms with Gasteiger partial charge in [0, 0.05) is 18.8 Å². The van der Waals surface area contributed by atoms with E-state index in [1.165, 1.54) is 6.26 Å². The zero-order chi connectivity index (χ0) is 16.9. The maximum absolute atomic E-state index is 12.2. The predicted octanol–water partition coefficient (Wildman–Crippen LogP) is 2.00. The van der Waals surface area contributed by atoms with Crippen LogP contribution in [0.2, 0.25) is 0 Å². The van der Waals surface area contributed by atoms with Gasteiger partial charge in [-0.15, -0.1) is 0 Å². The van der Waals surface area contributed by atoms with E-state index in [1.807, 2.05) is 24.3 Å². The van der Waals surface area contributed by atoms with Gasteiger partial charge in [0.15, 0.2) is 5.76 Å². The number of rotatable bonds is 5. The van der Waals surface area contributed by atoms with Gasteiger partial charge in [-0.25, -0.2) is 0 Å². The third-order valence-electron chi connectivity index (χ3n) is 4.28. The number of carbonyl (C=O) groups is 2. The van der Waals surface area contributed by atoms with Crippen LogP contribution in [0.15, 0.2) is 47.1 Å². The SMILES string of the molecule is C[C@@H]1CNC[C@H]1C(=O)NCc1ccc(NC(=O)c2ccco2)cc1. The maximum Gasteiger partial charge on any atom is 0.291 e. The van der Waals surface area contributed by atoms with Crippen molar-refractivity contribution in [1.82, 2.24) is 10.6 Å². The Balaban J connectivity index is 1.51. The lowest BCUT2D eigenvalue weighted by atomic mass is 9.97. The van der Waals surface area contributed by atoms with E-state index < -0.39 is 0 Å². The van der Waals surface area contributed by atoms with Gasteiger partial charge in [-0.2, -0.15) is 0 Å². The van der Waals surface area contributed by atoms with Crippen LogP contribution in [-0.2, 0) is 11.3 Å². The summed E-state index contributed by atoms with van der Waals surface area (Å²) in [5.41, 5.74) is 1.66. The van der Waals surface area contributed by atoms with Gasteiger partial charge >= 0.3 is 0 Å². The van der Waals surface area contributed by atoms with E-state index in [9.17, 15) is 9.59 Å². The molecule has 1 aliphatic heterocycles. The van der Waals surface area contributed by atoms with E-state index in [2.05, 4.69) is 22.9 Å². The summed E-state index contributed by atoms with van der Waals surface area (Å²) in [7, 11) is 0. The molecule has 126 valence electrons. The summed E-state index contributed by atoms with van der Waals surface area (Å²) in [6.07, 6.45) is 1.46. The monoisotopic (exact) mass is 327 g/mol. The molecule has 0 radical (unpaired) electrons. The molecule has 1 fully saturated rings. The van der Waals surface area contributed by atoms with Crippen LogP contribution < -0.4 is 16.0 Å². The molecule has 2 heterocycles. The molecular weight excluding hydrogens is 306 g/mol. The van der Waals surface area contributed by atoms with E-state index in [0.717, 1.165) is 18.7 Å². The minimum Gasteiger partial charge on any atom is -0.459 e. The first-order chi connectivity index (χ1) is 11.6. The molecular formula is C18H21N3O3. The standard InChI is InChI=1S/C18H21N3O3/c1-12-9-19-11-15(12)17(22)20-10-13-4-6-14(7-5-13)21-18(23)16-3-2-8-24-16/h2-8,12,15,19H,9-11H2,1H3,(H,20,22)(H,21,23)/t12-,15-/m1/s1. The summed E-state index contributed by atoms with van der Waals surface area (Å²) in [5.74, 6) is 0.471. The molecule has 2 aromatic rings. The molecule has 0 spiro atoms. The highest BCUT2D eigenvalue weighted by molar-refractivity contribution is 6.02. The zero-order valence-corrected chi connectivity index (χ0v) is 13.5. The summed E-state index contributed by atoms with van der Waals surface area (Å²) in [6, 6.07) is 10.7. The Bertz CT molecular complexity index is 695. The van der Waals surface area contributed by atoms with E-state index in [4.69, 9.17) is 4.42 Å². The molecule has 3 N–H and O–H groups in total. The lowest BCUT2D eigenvalue weighted by Gasteiger charge is -2.14. The first kappa shape index (κ1) is 16.3. The molecule has 1 aromatic carbocycles. The van der Waals surface area contributed by atoms with Gasteiger partial charge in [-0.05, 0) is 42.3 Å². The van der Waals surface area contributed by atoms with E-state index in [1.54, 1.807) is 12.1 Å². The Hall–Kier alpha value is -2.60. The number of amides is 2. The number of anilines is 1. The van der Waals surface area contributed by atoms with Gasteiger partial charge < -0.3 is 20.4 Å². The summed E-state index contributed by atoms with van der Waals surface area (Å²) >= 11 is 0. The average Bonchev–Trinajstić information content (AvgIpc) is 3.25. The van der Waals surface area contributed by atoms with E-state index in [0.29, 0.717) is 18.2 Å². The normalized spacial score (nSPS) is 19.9. The van der Waals surface area contributed by atoms with Crippen LogP contribution in [0.1, 0.15) is 23.0 Å². The molecule has 1 aliphatic rings. The second kappa shape index (κ2) is 7.31. The van der Waals surface area contributed by atoms with Gasteiger partial charge in [0.25, 0.3) is 5.91 Å². The summed E-state index contributed by atoms with van der Waals surface area (Å²) in [5, 5.41) is 8.96. The minimum absolute atomic E-state index is 0.0388. The Kier molecular flexibility index (Phi) is 4.96. The molecule has 0 aliphatic carbocycles. The van der Waals surface area contributed by atoms with Crippen LogP contribution in [0.4, 0.5) is 5.69 Å². The van der Waals surface area contributed by atoms with Crippen molar-refractivity contribution in [1.29, 1.82) is 0 Å². The molecule has 2 atom stereocenters. The molecule has 6 nitrogen and oxygen atoms in total. The van der Waals surface area contributed by atoms with Crippen LogP contribution in [0.3, 0.4) is 0 Å². The molecule has 2 amide bonds. The van der Waals surface area contributed by atoms with Crippen molar-refractivity contribution >= 4 is 17.5 Å². The highest BCUT2D eigenvalue weighted by Crippen LogP contribution is 2.16. The topological polar surface area (TPSA) is 83.4 Å². The van der Waals surface area contributed by atoms with Gasteiger partial charge in [-0.1, -0.05) is 19.1 Å². The minimum atomic E-state index is -0.288. The van der Waals surface area contributed by atoms with Crippen molar-refractivity contribution in [2.75, 3.05) is 18.4 Å². The number of hydrogen-bond acceptors (Lipinski definition) is 4. The van der Waals surface area contributed by atoms with E-state index >= 15 is 0 Å². The van der Waals surface area contributed by atoms with Gasteiger partial charge in [0.2, 0.25) is 5.91 Å². The summed E-state index contributed by atoms with van der Waals surface area (Å²) < 4.78 is 5.05. The highest BCUT2D eigenvalue weighted by atomic mass is 16.3. The Morgan fingerprint density at radius 2 is 2.00 bits per heavy atom. The molecule has 6 heteroatoms. The van der Waals surface area contributed by atoms with Gasteiger partial charge in [0.05, 0.1) is 12.2 Å². The average molecular weight is 327 g/mol. The van der Waals surface area contributed by atoms with Crippen molar-refractivity contribution in [2.45, 2.75) is 13.5 Å². The molecule has 1 aromatic heterocycles. The van der Waals surface area contributed by atoms with Crippen molar-refractivity contribution in [2.24, 2.45) is 11.8 Å². The number of carbonyl (C=O) groups excluding carboxylic acids is 2. The fraction of sp³-hybridized carbons (Fsp3) is 0.333. The summed E-state index contributed by atoms with van der Waals surface area (Å²) in [4.78, 5) is 24.0. The van der Waals surface area contributed by atoms with Crippen molar-refractivity contribution in [3.63, 3.8) is 0 Å². The highest BCUT2D eigenvalue weighted by Gasteiger charge is 2.29. The predicted molar refractivity (Wildman–Crippen MR) is 90.5 cm³/mol. The van der Waals surface area contributed by atoms with Crippen LogP contribution in [0, 0.1) is 11.8 Å². The molecule has 24 heavy (non-hydrogen) atoms. The Labute approximate surface area is 140 Å². The van der Waals surface area contributed by atoms with E-state index in [-0.39, 0.29) is 23.5 Å². The molecule has 0 bridgehead atoms. The van der Waals surface area contributed by atoms with Crippen LogP contribution in [-0.4, -0.2) is 24.9 Å². The zero-order valence-electron chi connectivity index (χ0n) is 13.5. The fourth-order valence-electron chi connectivity index (χ4n) is 2.79. The lowest BCUT2D eigenvalue weighted by Crippen LogP contribution is -2.33. The molecule has 1 saturated heterocycles. The van der Waals surface area contributed by atoms with Crippen LogP contribution >= 0.6 is 0 Å².